The van der Waals surface area contributed by atoms with E-state index in [0.29, 0.717) is 17.3 Å². The molecule has 1 aromatic carbocycles. The Labute approximate surface area is 125 Å². The minimum atomic E-state index is -0.00754. The van der Waals surface area contributed by atoms with Crippen molar-refractivity contribution in [3.05, 3.63) is 36.0 Å². The van der Waals surface area contributed by atoms with E-state index >= 15 is 0 Å². The molecule has 21 heavy (non-hydrogen) atoms. The second-order valence-electron chi connectivity index (χ2n) is 6.09. The number of benzene rings is 1. The zero-order valence-corrected chi connectivity index (χ0v) is 12.5. The zero-order chi connectivity index (χ0) is 15.0. The molecule has 1 fully saturated rings. The van der Waals surface area contributed by atoms with Crippen LogP contribution in [0, 0.1) is 5.92 Å². The number of pyridine rings is 1. The summed E-state index contributed by atoms with van der Waals surface area (Å²) in [6, 6.07) is 9.62. The van der Waals surface area contributed by atoms with Gasteiger partial charge in [0, 0.05) is 23.7 Å². The summed E-state index contributed by atoms with van der Waals surface area (Å²) in [6.07, 6.45) is 2.11. The number of carbonyl (C=O) groups excluding carboxylic acids is 1. The van der Waals surface area contributed by atoms with Crippen molar-refractivity contribution in [2.24, 2.45) is 5.92 Å². The van der Waals surface area contributed by atoms with E-state index in [-0.39, 0.29) is 11.9 Å². The van der Waals surface area contributed by atoms with Crippen LogP contribution in [0.1, 0.15) is 37.2 Å². The Morgan fingerprint density at radius 3 is 2.86 bits per heavy atom. The SMILES string of the molecule is CC1CCN(C(=O)c2cc(N)c3ccccc3n2)C(C)C1. The summed E-state index contributed by atoms with van der Waals surface area (Å²) < 4.78 is 0. The third kappa shape index (κ3) is 2.58. The lowest BCUT2D eigenvalue weighted by atomic mass is 9.93. The molecule has 2 N–H and O–H groups in total. The first-order valence-electron chi connectivity index (χ1n) is 7.52. The first kappa shape index (κ1) is 13.9. The van der Waals surface area contributed by atoms with Crippen molar-refractivity contribution in [3.63, 3.8) is 0 Å². The maximum absolute atomic E-state index is 12.7. The summed E-state index contributed by atoms with van der Waals surface area (Å²) >= 11 is 0. The topological polar surface area (TPSA) is 59.2 Å². The highest BCUT2D eigenvalue weighted by Gasteiger charge is 2.28. The standard InChI is InChI=1S/C17H21N3O/c1-11-7-8-20(12(2)9-11)17(21)16-10-14(18)13-5-3-4-6-15(13)19-16/h3-6,10-12H,7-9H2,1-2H3,(H2,18,19). The Balaban J connectivity index is 1.94. The van der Waals surface area contributed by atoms with Crippen LogP contribution in [0.2, 0.25) is 0 Å². The average Bonchev–Trinajstić information content (AvgIpc) is 2.46. The highest BCUT2D eigenvalue weighted by molar-refractivity contribution is 5.99. The van der Waals surface area contributed by atoms with Crippen molar-refractivity contribution >= 4 is 22.5 Å². The molecule has 1 aliphatic heterocycles. The predicted octanol–water partition coefficient (Wildman–Crippen LogP) is 3.08. The Morgan fingerprint density at radius 2 is 2.10 bits per heavy atom. The van der Waals surface area contributed by atoms with Gasteiger partial charge in [-0.3, -0.25) is 4.79 Å². The van der Waals surface area contributed by atoms with Crippen LogP contribution in [0.15, 0.2) is 30.3 Å². The summed E-state index contributed by atoms with van der Waals surface area (Å²) in [5.74, 6) is 0.672. The maximum Gasteiger partial charge on any atom is 0.272 e. The van der Waals surface area contributed by atoms with E-state index in [1.807, 2.05) is 29.2 Å². The van der Waals surface area contributed by atoms with Crippen LogP contribution < -0.4 is 5.73 Å². The molecule has 4 heteroatoms. The van der Waals surface area contributed by atoms with Gasteiger partial charge in [0.1, 0.15) is 5.69 Å². The molecular formula is C17H21N3O. The molecule has 2 atom stereocenters. The number of para-hydroxylation sites is 1. The Kier molecular flexibility index (Phi) is 3.53. The van der Waals surface area contributed by atoms with E-state index in [4.69, 9.17) is 5.73 Å². The van der Waals surface area contributed by atoms with Gasteiger partial charge in [-0.05, 0) is 37.8 Å². The van der Waals surface area contributed by atoms with Crippen molar-refractivity contribution in [2.45, 2.75) is 32.7 Å². The summed E-state index contributed by atoms with van der Waals surface area (Å²) in [6.45, 7) is 5.15. The molecule has 1 saturated heterocycles. The van der Waals surface area contributed by atoms with Gasteiger partial charge in [0.05, 0.1) is 5.52 Å². The number of hydrogen-bond acceptors (Lipinski definition) is 3. The van der Waals surface area contributed by atoms with E-state index in [2.05, 4.69) is 18.8 Å². The highest BCUT2D eigenvalue weighted by atomic mass is 16.2. The van der Waals surface area contributed by atoms with E-state index in [1.54, 1.807) is 6.07 Å². The van der Waals surface area contributed by atoms with E-state index < -0.39 is 0 Å². The van der Waals surface area contributed by atoms with Crippen LogP contribution in [-0.2, 0) is 0 Å². The Morgan fingerprint density at radius 1 is 1.33 bits per heavy atom. The van der Waals surface area contributed by atoms with Gasteiger partial charge in [-0.15, -0.1) is 0 Å². The lowest BCUT2D eigenvalue weighted by Crippen LogP contribution is -2.44. The molecule has 0 saturated carbocycles. The van der Waals surface area contributed by atoms with Gasteiger partial charge < -0.3 is 10.6 Å². The lowest BCUT2D eigenvalue weighted by Gasteiger charge is -2.36. The van der Waals surface area contributed by atoms with Gasteiger partial charge in [0.2, 0.25) is 0 Å². The number of nitrogens with zero attached hydrogens (tertiary/aromatic N) is 2. The van der Waals surface area contributed by atoms with Gasteiger partial charge in [-0.2, -0.15) is 0 Å². The average molecular weight is 283 g/mol. The monoisotopic (exact) mass is 283 g/mol. The van der Waals surface area contributed by atoms with Gasteiger partial charge in [0.25, 0.3) is 5.91 Å². The molecule has 1 amide bonds. The normalized spacial score (nSPS) is 22.5. The summed E-state index contributed by atoms with van der Waals surface area (Å²) in [5.41, 5.74) is 7.91. The number of hydrogen-bond donors (Lipinski definition) is 1. The smallest absolute Gasteiger partial charge is 0.272 e. The quantitative estimate of drug-likeness (QED) is 0.875. The molecule has 0 radical (unpaired) electrons. The summed E-state index contributed by atoms with van der Waals surface area (Å²) in [5, 5.41) is 0.898. The molecule has 2 heterocycles. The first-order chi connectivity index (χ1) is 10.1. The summed E-state index contributed by atoms with van der Waals surface area (Å²) in [7, 11) is 0. The number of nitrogens with two attached hydrogens (primary N) is 1. The molecule has 0 bridgehead atoms. The Hall–Kier alpha value is -2.10. The molecule has 0 aliphatic carbocycles. The van der Waals surface area contributed by atoms with Crippen LogP contribution in [0.4, 0.5) is 5.69 Å². The fourth-order valence-electron chi connectivity index (χ4n) is 3.17. The fourth-order valence-corrected chi connectivity index (χ4v) is 3.17. The number of anilines is 1. The van der Waals surface area contributed by atoms with Crippen LogP contribution in [0.5, 0.6) is 0 Å². The highest BCUT2D eigenvalue weighted by Crippen LogP contribution is 2.25. The molecular weight excluding hydrogens is 262 g/mol. The van der Waals surface area contributed by atoms with E-state index in [1.165, 1.54) is 0 Å². The maximum atomic E-state index is 12.7. The van der Waals surface area contributed by atoms with Crippen molar-refractivity contribution < 1.29 is 4.79 Å². The molecule has 110 valence electrons. The van der Waals surface area contributed by atoms with Crippen LogP contribution in [-0.4, -0.2) is 28.4 Å². The van der Waals surface area contributed by atoms with Crippen molar-refractivity contribution in [3.8, 4) is 0 Å². The minimum Gasteiger partial charge on any atom is -0.398 e. The number of amides is 1. The number of piperidine rings is 1. The number of likely N-dealkylation sites (tertiary alicyclic amines) is 1. The molecule has 1 aromatic heterocycles. The van der Waals surface area contributed by atoms with Crippen LogP contribution in [0.3, 0.4) is 0 Å². The van der Waals surface area contributed by atoms with Crippen molar-refractivity contribution in [1.29, 1.82) is 0 Å². The molecule has 3 rings (SSSR count). The van der Waals surface area contributed by atoms with Gasteiger partial charge in [-0.1, -0.05) is 25.1 Å². The van der Waals surface area contributed by atoms with Gasteiger partial charge in [-0.25, -0.2) is 4.98 Å². The largest absolute Gasteiger partial charge is 0.398 e. The lowest BCUT2D eigenvalue weighted by molar-refractivity contribution is 0.0583. The molecule has 0 spiro atoms. The second-order valence-corrected chi connectivity index (χ2v) is 6.09. The van der Waals surface area contributed by atoms with Crippen LogP contribution in [0.25, 0.3) is 10.9 Å². The molecule has 4 nitrogen and oxygen atoms in total. The fraction of sp³-hybridized carbons (Fsp3) is 0.412. The number of carbonyl (C=O) groups is 1. The van der Waals surface area contributed by atoms with Gasteiger partial charge in [0.15, 0.2) is 0 Å². The van der Waals surface area contributed by atoms with Crippen molar-refractivity contribution in [1.82, 2.24) is 9.88 Å². The molecule has 2 aromatic rings. The zero-order valence-electron chi connectivity index (χ0n) is 12.5. The van der Waals surface area contributed by atoms with Crippen molar-refractivity contribution in [2.75, 3.05) is 12.3 Å². The third-order valence-corrected chi connectivity index (χ3v) is 4.37. The number of rotatable bonds is 1. The number of aromatic nitrogens is 1. The Bertz CT molecular complexity index is 683. The first-order valence-corrected chi connectivity index (χ1v) is 7.52. The predicted molar refractivity (Wildman–Crippen MR) is 85.1 cm³/mol. The van der Waals surface area contributed by atoms with E-state index in [9.17, 15) is 4.79 Å². The summed E-state index contributed by atoms with van der Waals surface area (Å²) in [4.78, 5) is 19.1. The molecule has 2 unspecified atom stereocenters. The number of nitrogen functional groups attached to an aromatic ring is 1. The van der Waals surface area contributed by atoms with E-state index in [0.717, 1.165) is 30.3 Å². The molecule has 1 aliphatic rings. The number of fused-ring (bicyclic) bond motifs is 1. The van der Waals surface area contributed by atoms with Gasteiger partial charge >= 0.3 is 0 Å². The minimum absolute atomic E-state index is 0.00754. The third-order valence-electron chi connectivity index (χ3n) is 4.37. The van der Waals surface area contributed by atoms with Crippen LogP contribution >= 0.6 is 0 Å². The second kappa shape index (κ2) is 5.35.